The molecule has 21 heavy (non-hydrogen) atoms. The molecule has 0 radical (unpaired) electrons. The number of nitrogens with zero attached hydrogens (tertiary/aromatic N) is 2. The molecule has 0 aliphatic rings. The summed E-state index contributed by atoms with van der Waals surface area (Å²) in [5.74, 6) is -0.465. The van der Waals surface area contributed by atoms with Crippen molar-refractivity contribution in [2.24, 2.45) is 0 Å². The van der Waals surface area contributed by atoms with E-state index in [-0.39, 0.29) is 23.8 Å². The quantitative estimate of drug-likeness (QED) is 0.837. The average Bonchev–Trinajstić information content (AvgIpc) is 2.74. The van der Waals surface area contributed by atoms with E-state index in [1.807, 2.05) is 0 Å². The second-order valence-corrected chi connectivity index (χ2v) is 6.27. The van der Waals surface area contributed by atoms with Gasteiger partial charge in [0, 0.05) is 23.7 Å². The van der Waals surface area contributed by atoms with Gasteiger partial charge in [0.25, 0.3) is 5.56 Å². The lowest BCUT2D eigenvalue weighted by atomic mass is 10.3. The zero-order chi connectivity index (χ0) is 15.6. The summed E-state index contributed by atoms with van der Waals surface area (Å²) in [4.78, 5) is 39.5. The van der Waals surface area contributed by atoms with Crippen LogP contribution >= 0.6 is 27.3 Å². The van der Waals surface area contributed by atoms with Crippen LogP contribution in [0.5, 0.6) is 0 Å². The molecule has 0 fully saturated rings. The minimum absolute atomic E-state index is 0.0892. The van der Waals surface area contributed by atoms with Crippen LogP contribution in [-0.2, 0) is 11.3 Å². The summed E-state index contributed by atoms with van der Waals surface area (Å²) in [6, 6.07) is 2.98. The summed E-state index contributed by atoms with van der Waals surface area (Å²) in [7, 11) is 0. The Labute approximate surface area is 133 Å². The maximum Gasteiger partial charge on any atom is 0.251 e. The summed E-state index contributed by atoms with van der Waals surface area (Å²) < 4.78 is 1.99. The first-order valence-electron chi connectivity index (χ1n) is 6.01. The van der Waals surface area contributed by atoms with Crippen LogP contribution in [0.2, 0.25) is 0 Å². The molecule has 2 aromatic heterocycles. The minimum atomic E-state index is -0.376. The van der Waals surface area contributed by atoms with Gasteiger partial charge < -0.3 is 9.88 Å². The first kappa shape index (κ1) is 15.6. The van der Waals surface area contributed by atoms with Gasteiger partial charge in [0.15, 0.2) is 10.9 Å². The second kappa shape index (κ2) is 6.31. The number of hydrogen-bond acceptors (Lipinski definition) is 5. The summed E-state index contributed by atoms with van der Waals surface area (Å²) in [5.41, 5.74) is 0.315. The molecule has 0 atom stereocenters. The number of anilines is 1. The number of ketones is 1. The van der Waals surface area contributed by atoms with Crippen molar-refractivity contribution in [1.82, 2.24) is 9.55 Å². The molecule has 0 saturated carbocycles. The molecule has 6 nitrogen and oxygen atoms in total. The van der Waals surface area contributed by atoms with Gasteiger partial charge in [0.1, 0.15) is 6.54 Å². The van der Waals surface area contributed by atoms with Crippen molar-refractivity contribution in [2.75, 3.05) is 5.32 Å². The third-order valence-electron chi connectivity index (χ3n) is 2.62. The van der Waals surface area contributed by atoms with Gasteiger partial charge in [-0.1, -0.05) is 11.3 Å². The van der Waals surface area contributed by atoms with Crippen LogP contribution in [0.1, 0.15) is 22.3 Å². The lowest BCUT2D eigenvalue weighted by molar-refractivity contribution is -0.116. The van der Waals surface area contributed by atoms with Crippen LogP contribution in [0.3, 0.4) is 0 Å². The van der Waals surface area contributed by atoms with Gasteiger partial charge in [-0.3, -0.25) is 14.4 Å². The fraction of sp³-hybridized carbons (Fsp3) is 0.231. The number of hydrogen-bond donors (Lipinski definition) is 1. The highest BCUT2D eigenvalue weighted by atomic mass is 79.9. The number of thiazole rings is 1. The second-order valence-electron chi connectivity index (χ2n) is 4.35. The minimum Gasteiger partial charge on any atom is -0.305 e. The fourth-order valence-electron chi connectivity index (χ4n) is 1.72. The van der Waals surface area contributed by atoms with Crippen LogP contribution in [-0.4, -0.2) is 21.2 Å². The van der Waals surface area contributed by atoms with Crippen molar-refractivity contribution in [1.29, 1.82) is 0 Å². The van der Waals surface area contributed by atoms with Gasteiger partial charge in [-0.2, -0.15) is 0 Å². The molecule has 0 bridgehead atoms. The Balaban J connectivity index is 2.12. The molecule has 0 aliphatic heterocycles. The Bertz CT molecular complexity index is 766. The Hall–Kier alpha value is -1.80. The largest absolute Gasteiger partial charge is 0.305 e. The van der Waals surface area contributed by atoms with E-state index in [0.29, 0.717) is 20.2 Å². The molecule has 0 aliphatic carbocycles. The van der Waals surface area contributed by atoms with Gasteiger partial charge in [-0.05, 0) is 28.9 Å². The predicted molar refractivity (Wildman–Crippen MR) is 83.9 cm³/mol. The van der Waals surface area contributed by atoms with E-state index in [1.54, 1.807) is 13.0 Å². The SMILES string of the molecule is CC(=O)c1sc(NC(=O)Cn2cc(Br)ccc2=O)nc1C. The smallest absolute Gasteiger partial charge is 0.251 e. The summed E-state index contributed by atoms with van der Waals surface area (Å²) in [5, 5.41) is 2.95. The van der Waals surface area contributed by atoms with Crippen molar-refractivity contribution in [3.05, 3.63) is 43.7 Å². The van der Waals surface area contributed by atoms with Crippen molar-refractivity contribution in [2.45, 2.75) is 20.4 Å². The first-order valence-corrected chi connectivity index (χ1v) is 7.62. The summed E-state index contributed by atoms with van der Waals surface area (Å²) in [6.07, 6.45) is 1.54. The van der Waals surface area contributed by atoms with Crippen LogP contribution < -0.4 is 10.9 Å². The molecule has 0 aromatic carbocycles. The molecule has 0 unspecified atom stereocenters. The zero-order valence-electron chi connectivity index (χ0n) is 11.3. The number of carbonyl (C=O) groups excluding carboxylic acids is 2. The van der Waals surface area contributed by atoms with Crippen LogP contribution in [0, 0.1) is 6.92 Å². The highest BCUT2D eigenvalue weighted by molar-refractivity contribution is 9.10. The van der Waals surface area contributed by atoms with Crippen molar-refractivity contribution in [3.8, 4) is 0 Å². The third kappa shape index (κ3) is 3.85. The zero-order valence-corrected chi connectivity index (χ0v) is 13.7. The van der Waals surface area contributed by atoms with Crippen LogP contribution in [0.4, 0.5) is 5.13 Å². The lowest BCUT2D eigenvalue weighted by Gasteiger charge is -2.05. The highest BCUT2D eigenvalue weighted by Gasteiger charge is 2.13. The molecule has 0 spiro atoms. The molecule has 1 amide bonds. The Morgan fingerprint density at radius 3 is 2.76 bits per heavy atom. The van der Waals surface area contributed by atoms with Gasteiger partial charge in [0.2, 0.25) is 5.91 Å². The van der Waals surface area contributed by atoms with E-state index >= 15 is 0 Å². The summed E-state index contributed by atoms with van der Waals surface area (Å²) in [6.45, 7) is 3.04. The number of Topliss-reactive ketones (excluding diaryl/α,β-unsaturated/α-hetero) is 1. The van der Waals surface area contributed by atoms with Crippen molar-refractivity contribution >= 4 is 44.1 Å². The molecule has 110 valence electrons. The van der Waals surface area contributed by atoms with Crippen LogP contribution in [0.15, 0.2) is 27.6 Å². The lowest BCUT2D eigenvalue weighted by Crippen LogP contribution is -2.26. The van der Waals surface area contributed by atoms with Crippen LogP contribution in [0.25, 0.3) is 0 Å². The monoisotopic (exact) mass is 369 g/mol. The number of nitrogens with one attached hydrogen (secondary N) is 1. The number of amides is 1. The maximum absolute atomic E-state index is 11.9. The Morgan fingerprint density at radius 2 is 2.14 bits per heavy atom. The molecule has 2 aromatic rings. The summed E-state index contributed by atoms with van der Waals surface area (Å²) >= 11 is 4.37. The number of aromatic nitrogens is 2. The number of rotatable bonds is 4. The topological polar surface area (TPSA) is 81.1 Å². The molecule has 1 N–H and O–H groups in total. The highest BCUT2D eigenvalue weighted by Crippen LogP contribution is 2.22. The molecule has 0 saturated heterocycles. The van der Waals surface area contributed by atoms with E-state index in [0.717, 1.165) is 11.3 Å². The van der Waals surface area contributed by atoms with E-state index < -0.39 is 0 Å². The van der Waals surface area contributed by atoms with E-state index in [9.17, 15) is 14.4 Å². The van der Waals surface area contributed by atoms with Gasteiger partial charge in [-0.15, -0.1) is 0 Å². The molecule has 8 heteroatoms. The first-order chi connectivity index (χ1) is 9.86. The molecule has 2 rings (SSSR count). The van der Waals surface area contributed by atoms with Gasteiger partial charge >= 0.3 is 0 Å². The normalized spacial score (nSPS) is 10.4. The number of halogens is 1. The number of carbonyl (C=O) groups is 2. The van der Waals surface area contributed by atoms with Gasteiger partial charge in [0.05, 0.1) is 10.6 Å². The standard InChI is InChI=1S/C13H12BrN3O3S/c1-7-12(8(2)18)21-13(15-7)16-10(19)6-17-5-9(14)3-4-11(17)20/h3-5H,6H2,1-2H3,(H,15,16,19). The van der Waals surface area contributed by atoms with E-state index in [1.165, 1.54) is 23.8 Å². The van der Waals surface area contributed by atoms with E-state index in [2.05, 4.69) is 26.2 Å². The molecular weight excluding hydrogens is 358 g/mol. The third-order valence-corrected chi connectivity index (χ3v) is 4.27. The maximum atomic E-state index is 11.9. The number of aryl methyl sites for hydroxylation is 1. The van der Waals surface area contributed by atoms with Crippen molar-refractivity contribution in [3.63, 3.8) is 0 Å². The van der Waals surface area contributed by atoms with Gasteiger partial charge in [-0.25, -0.2) is 4.98 Å². The van der Waals surface area contributed by atoms with Crippen molar-refractivity contribution < 1.29 is 9.59 Å². The molecular formula is C13H12BrN3O3S. The predicted octanol–water partition coefficient (Wildman–Crippen LogP) is 2.22. The number of pyridine rings is 1. The average molecular weight is 370 g/mol. The molecule has 2 heterocycles. The Morgan fingerprint density at radius 1 is 1.43 bits per heavy atom. The Kier molecular flexibility index (Phi) is 4.69. The fourth-order valence-corrected chi connectivity index (χ4v) is 2.97. The van der Waals surface area contributed by atoms with E-state index in [4.69, 9.17) is 0 Å².